The number of hydrogen-bond donors (Lipinski definition) is 2. The van der Waals surface area contributed by atoms with Crippen LogP contribution in [0.5, 0.6) is 11.8 Å². The number of fused-ring (bicyclic) bond motifs is 2. The van der Waals surface area contributed by atoms with Crippen molar-refractivity contribution in [1.82, 2.24) is 4.57 Å². The molecule has 2 aliphatic rings. The average molecular weight is 317 g/mol. The van der Waals surface area contributed by atoms with Crippen molar-refractivity contribution in [2.24, 2.45) is 0 Å². The molecule has 0 radical (unpaired) electrons. The van der Waals surface area contributed by atoms with Gasteiger partial charge in [0.25, 0.3) is 0 Å². The fourth-order valence-corrected chi connectivity index (χ4v) is 4.43. The van der Waals surface area contributed by atoms with Gasteiger partial charge in [-0.25, -0.2) is 0 Å². The Balaban J connectivity index is 1.92. The van der Waals surface area contributed by atoms with Gasteiger partial charge in [-0.3, -0.25) is 14.2 Å². The van der Waals surface area contributed by atoms with Crippen LogP contribution in [-0.4, -0.2) is 26.3 Å². The lowest BCUT2D eigenvalue weighted by molar-refractivity contribution is 0.0979. The minimum absolute atomic E-state index is 0.0389. The zero-order chi connectivity index (χ0) is 15.4. The summed E-state index contributed by atoms with van der Waals surface area (Å²) in [6.45, 7) is 0. The first-order valence-corrected chi connectivity index (χ1v) is 8.32. The highest BCUT2D eigenvalue weighted by Crippen LogP contribution is 2.45. The second-order valence-electron chi connectivity index (χ2n) is 5.88. The number of thiophene rings is 1. The van der Waals surface area contributed by atoms with Crippen LogP contribution in [0.4, 0.5) is 0 Å². The maximum Gasteiger partial charge on any atom is 0.210 e. The molecule has 0 unspecified atom stereocenters. The van der Waals surface area contributed by atoms with Crippen LogP contribution in [0.25, 0.3) is 0 Å². The number of rotatable bonds is 1. The van der Waals surface area contributed by atoms with Crippen molar-refractivity contribution in [3.05, 3.63) is 33.0 Å². The van der Waals surface area contributed by atoms with Crippen LogP contribution in [0.3, 0.4) is 0 Å². The number of aromatic nitrogens is 1. The maximum atomic E-state index is 12.6. The van der Waals surface area contributed by atoms with E-state index in [-0.39, 0.29) is 40.5 Å². The molecule has 22 heavy (non-hydrogen) atoms. The van der Waals surface area contributed by atoms with Crippen molar-refractivity contribution in [2.45, 2.75) is 38.1 Å². The molecule has 0 aliphatic heterocycles. The van der Waals surface area contributed by atoms with E-state index in [1.165, 1.54) is 15.9 Å². The zero-order valence-electron chi connectivity index (χ0n) is 11.8. The van der Waals surface area contributed by atoms with E-state index in [1.807, 2.05) is 0 Å². The number of carbonyl (C=O) groups excluding carboxylic acids is 2. The van der Waals surface area contributed by atoms with Gasteiger partial charge in [-0.1, -0.05) is 19.3 Å². The van der Waals surface area contributed by atoms with Crippen molar-refractivity contribution in [3.63, 3.8) is 0 Å². The van der Waals surface area contributed by atoms with Crippen molar-refractivity contribution >= 4 is 22.9 Å². The molecule has 0 amide bonds. The fraction of sp³-hybridized carbons (Fsp3) is 0.375. The lowest BCUT2D eigenvalue weighted by atomic mass is 9.92. The summed E-state index contributed by atoms with van der Waals surface area (Å²) >= 11 is 1.19. The molecule has 5 nitrogen and oxygen atoms in total. The Hall–Kier alpha value is -2.08. The van der Waals surface area contributed by atoms with Crippen molar-refractivity contribution in [2.75, 3.05) is 0 Å². The smallest absolute Gasteiger partial charge is 0.210 e. The summed E-state index contributed by atoms with van der Waals surface area (Å²) in [5.74, 6) is -1.29. The van der Waals surface area contributed by atoms with E-state index >= 15 is 0 Å². The summed E-state index contributed by atoms with van der Waals surface area (Å²) < 4.78 is 1.39. The first kappa shape index (κ1) is 13.6. The summed E-state index contributed by atoms with van der Waals surface area (Å²) in [6.07, 6.45) is 4.83. The molecule has 2 aliphatic carbocycles. The molecule has 0 bridgehead atoms. The fourth-order valence-electron chi connectivity index (χ4n) is 3.59. The van der Waals surface area contributed by atoms with Gasteiger partial charge in [-0.15, -0.1) is 11.3 Å². The van der Waals surface area contributed by atoms with Crippen LogP contribution in [-0.2, 0) is 0 Å². The molecule has 2 aromatic heterocycles. The Morgan fingerprint density at radius 2 is 1.64 bits per heavy atom. The van der Waals surface area contributed by atoms with Gasteiger partial charge < -0.3 is 10.2 Å². The number of carbonyl (C=O) groups is 2. The van der Waals surface area contributed by atoms with Gasteiger partial charge in [0.2, 0.25) is 23.3 Å². The van der Waals surface area contributed by atoms with Crippen molar-refractivity contribution < 1.29 is 19.8 Å². The molecule has 0 saturated heterocycles. The molecule has 6 heteroatoms. The molecule has 114 valence electrons. The van der Waals surface area contributed by atoms with Crippen LogP contribution in [0, 0.1) is 0 Å². The first-order chi connectivity index (χ1) is 10.6. The van der Waals surface area contributed by atoms with Crippen LogP contribution < -0.4 is 0 Å². The first-order valence-electron chi connectivity index (χ1n) is 7.44. The van der Waals surface area contributed by atoms with Crippen LogP contribution in [0.15, 0.2) is 11.4 Å². The molecule has 0 aromatic carbocycles. The molecule has 4 rings (SSSR count). The van der Waals surface area contributed by atoms with E-state index in [0.29, 0.717) is 10.4 Å². The predicted octanol–water partition coefficient (Wildman–Crippen LogP) is 3.24. The second kappa shape index (κ2) is 4.71. The van der Waals surface area contributed by atoms with E-state index < -0.39 is 0 Å². The van der Waals surface area contributed by atoms with Gasteiger partial charge >= 0.3 is 0 Å². The highest BCUT2D eigenvalue weighted by atomic mass is 32.1. The van der Waals surface area contributed by atoms with Gasteiger partial charge in [0.15, 0.2) is 0 Å². The van der Waals surface area contributed by atoms with Crippen LogP contribution in [0.2, 0.25) is 0 Å². The van der Waals surface area contributed by atoms with E-state index in [1.54, 1.807) is 11.4 Å². The molecule has 1 saturated carbocycles. The molecule has 1 fully saturated rings. The molecule has 2 heterocycles. The molecule has 0 atom stereocenters. The van der Waals surface area contributed by atoms with E-state index in [4.69, 9.17) is 0 Å². The summed E-state index contributed by atoms with van der Waals surface area (Å²) in [5, 5.41) is 22.7. The summed E-state index contributed by atoms with van der Waals surface area (Å²) in [6, 6.07) is 1.54. The Morgan fingerprint density at radius 1 is 1.00 bits per heavy atom. The number of aromatic hydroxyl groups is 2. The van der Waals surface area contributed by atoms with Gasteiger partial charge in [0.1, 0.15) is 5.56 Å². The topological polar surface area (TPSA) is 79.5 Å². The van der Waals surface area contributed by atoms with Crippen molar-refractivity contribution in [1.29, 1.82) is 0 Å². The monoisotopic (exact) mass is 317 g/mol. The van der Waals surface area contributed by atoms with Crippen LogP contribution in [0.1, 0.15) is 69.3 Å². The second-order valence-corrected chi connectivity index (χ2v) is 6.80. The average Bonchev–Trinajstić information content (AvgIpc) is 3.10. The maximum absolute atomic E-state index is 12.6. The number of hydrogen-bond acceptors (Lipinski definition) is 5. The Morgan fingerprint density at radius 3 is 2.32 bits per heavy atom. The highest BCUT2D eigenvalue weighted by Gasteiger charge is 2.40. The lowest BCUT2D eigenvalue weighted by Crippen LogP contribution is -2.16. The normalized spacial score (nSPS) is 18.4. The lowest BCUT2D eigenvalue weighted by Gasteiger charge is -2.24. The third-order valence-electron chi connectivity index (χ3n) is 4.66. The zero-order valence-corrected chi connectivity index (χ0v) is 12.7. The van der Waals surface area contributed by atoms with Gasteiger partial charge in [0, 0.05) is 11.6 Å². The summed E-state index contributed by atoms with van der Waals surface area (Å²) in [5.41, 5.74) is 0.237. The molecule has 2 aromatic rings. The molecular weight excluding hydrogens is 302 g/mol. The van der Waals surface area contributed by atoms with Crippen molar-refractivity contribution in [3.8, 4) is 11.8 Å². The van der Waals surface area contributed by atoms with Gasteiger partial charge in [-0.05, 0) is 24.3 Å². The van der Waals surface area contributed by atoms with E-state index in [9.17, 15) is 19.8 Å². The standard InChI is InChI=1S/C16H15NO4S/c18-12-9-6-7-22-14(9)13(19)11-10(12)15(20)17(16(11)21)8-4-2-1-3-5-8/h6-8,20-21H,1-5H2. The Labute approximate surface area is 130 Å². The summed E-state index contributed by atoms with van der Waals surface area (Å²) in [7, 11) is 0. The molecular formula is C16H15NO4S. The third-order valence-corrected chi connectivity index (χ3v) is 5.58. The van der Waals surface area contributed by atoms with E-state index in [0.717, 1.165) is 32.1 Å². The number of ketones is 2. The third kappa shape index (κ3) is 1.64. The molecule has 0 spiro atoms. The van der Waals surface area contributed by atoms with Crippen LogP contribution >= 0.6 is 11.3 Å². The quantitative estimate of drug-likeness (QED) is 0.722. The Bertz CT molecular complexity index is 741. The van der Waals surface area contributed by atoms with Gasteiger partial charge in [0.05, 0.1) is 10.4 Å². The Kier molecular flexibility index (Phi) is 2.91. The largest absolute Gasteiger partial charge is 0.494 e. The van der Waals surface area contributed by atoms with Gasteiger partial charge in [-0.2, -0.15) is 0 Å². The molecule has 2 N–H and O–H groups in total. The highest BCUT2D eigenvalue weighted by molar-refractivity contribution is 7.12. The minimum Gasteiger partial charge on any atom is -0.494 e. The predicted molar refractivity (Wildman–Crippen MR) is 81.1 cm³/mol. The minimum atomic E-state index is -0.381. The summed E-state index contributed by atoms with van der Waals surface area (Å²) in [4.78, 5) is 25.5. The van der Waals surface area contributed by atoms with E-state index in [2.05, 4.69) is 0 Å². The number of nitrogens with zero attached hydrogens (tertiary/aromatic N) is 1. The SMILES string of the molecule is O=C1c2ccsc2C(=O)c2c1c(O)n(C1CCCCC1)c2O.